The van der Waals surface area contributed by atoms with E-state index in [0.29, 0.717) is 12.6 Å². The van der Waals surface area contributed by atoms with Crippen LogP contribution in [0.1, 0.15) is 43.4 Å². The van der Waals surface area contributed by atoms with Crippen LogP contribution in [0.5, 0.6) is 0 Å². The molecule has 2 N–H and O–H groups in total. The van der Waals surface area contributed by atoms with E-state index in [-0.39, 0.29) is 24.0 Å². The normalized spacial score (nSPS) is 12.6. The van der Waals surface area contributed by atoms with Gasteiger partial charge in [-0.3, -0.25) is 9.89 Å². The third-order valence-corrected chi connectivity index (χ3v) is 4.86. The Bertz CT molecular complexity index is 695. The van der Waals surface area contributed by atoms with Crippen molar-refractivity contribution in [2.24, 2.45) is 4.99 Å². The van der Waals surface area contributed by atoms with Crippen molar-refractivity contribution in [3.05, 3.63) is 52.9 Å². The number of rotatable bonds is 9. The van der Waals surface area contributed by atoms with Crippen LogP contribution < -0.4 is 10.6 Å². The molecule has 1 heterocycles. The van der Waals surface area contributed by atoms with Crippen LogP contribution in [-0.4, -0.2) is 42.7 Å². The molecular formula is C21H34IN5O. The standard InChI is InChI=1S/C21H33N5O.HI/c1-6-19-18(20(7-2)27-25-19)14-24-21(22-4)23-13-16(3)26(5)15-17-11-9-8-10-12-17;/h8-12,16H,6-7,13-15H2,1-5H3,(H2,22,23,24);1H. The van der Waals surface area contributed by atoms with E-state index < -0.39 is 0 Å². The Morgan fingerprint density at radius 2 is 1.89 bits per heavy atom. The van der Waals surface area contributed by atoms with Crippen molar-refractivity contribution >= 4 is 29.9 Å². The summed E-state index contributed by atoms with van der Waals surface area (Å²) in [5, 5.41) is 11.0. The molecule has 1 unspecified atom stereocenters. The van der Waals surface area contributed by atoms with Crippen molar-refractivity contribution in [3.63, 3.8) is 0 Å². The van der Waals surface area contributed by atoms with Crippen LogP contribution in [-0.2, 0) is 25.9 Å². The van der Waals surface area contributed by atoms with Gasteiger partial charge in [-0.1, -0.05) is 49.3 Å². The number of aryl methyl sites for hydroxylation is 2. The molecule has 2 rings (SSSR count). The van der Waals surface area contributed by atoms with Crippen molar-refractivity contribution in [2.75, 3.05) is 20.6 Å². The molecule has 0 radical (unpaired) electrons. The molecule has 1 aromatic carbocycles. The Balaban J connectivity index is 0.00000392. The van der Waals surface area contributed by atoms with Crippen LogP contribution >= 0.6 is 24.0 Å². The van der Waals surface area contributed by atoms with Crippen LogP contribution in [0.3, 0.4) is 0 Å². The molecule has 0 amide bonds. The van der Waals surface area contributed by atoms with Gasteiger partial charge in [-0.2, -0.15) is 0 Å². The van der Waals surface area contributed by atoms with Crippen LogP contribution in [0.4, 0.5) is 0 Å². The van der Waals surface area contributed by atoms with Gasteiger partial charge < -0.3 is 15.2 Å². The largest absolute Gasteiger partial charge is 0.361 e. The topological polar surface area (TPSA) is 65.7 Å². The molecule has 28 heavy (non-hydrogen) atoms. The maximum Gasteiger partial charge on any atom is 0.191 e. The summed E-state index contributed by atoms with van der Waals surface area (Å²) in [6.45, 7) is 8.81. The third kappa shape index (κ3) is 7.09. The number of likely N-dealkylation sites (N-methyl/N-ethyl adjacent to an activating group) is 1. The van der Waals surface area contributed by atoms with Gasteiger partial charge in [-0.05, 0) is 26.0 Å². The minimum atomic E-state index is 0. The lowest BCUT2D eigenvalue weighted by Gasteiger charge is -2.25. The minimum absolute atomic E-state index is 0. The van der Waals surface area contributed by atoms with Gasteiger partial charge in [0.1, 0.15) is 5.76 Å². The molecule has 0 spiro atoms. The van der Waals surface area contributed by atoms with Gasteiger partial charge >= 0.3 is 0 Å². The lowest BCUT2D eigenvalue weighted by Crippen LogP contribution is -2.44. The van der Waals surface area contributed by atoms with Gasteiger partial charge in [-0.25, -0.2) is 0 Å². The number of hydrogen-bond acceptors (Lipinski definition) is 4. The summed E-state index contributed by atoms with van der Waals surface area (Å²) >= 11 is 0. The zero-order valence-electron chi connectivity index (χ0n) is 17.7. The second-order valence-electron chi connectivity index (χ2n) is 6.79. The van der Waals surface area contributed by atoms with Crippen molar-refractivity contribution in [3.8, 4) is 0 Å². The summed E-state index contributed by atoms with van der Waals surface area (Å²) in [4.78, 5) is 6.67. The Labute approximate surface area is 186 Å². The highest BCUT2D eigenvalue weighted by molar-refractivity contribution is 14.0. The van der Waals surface area contributed by atoms with Gasteiger partial charge in [0.15, 0.2) is 5.96 Å². The molecular weight excluding hydrogens is 465 g/mol. The first kappa shape index (κ1) is 24.4. The lowest BCUT2D eigenvalue weighted by atomic mass is 10.1. The SMILES string of the molecule is CCc1noc(CC)c1CNC(=NC)NCC(C)N(C)Cc1ccccc1.I. The monoisotopic (exact) mass is 499 g/mol. The number of nitrogens with zero attached hydrogens (tertiary/aromatic N) is 3. The average molecular weight is 499 g/mol. The first-order valence-electron chi connectivity index (χ1n) is 9.73. The fraction of sp³-hybridized carbons (Fsp3) is 0.524. The van der Waals surface area contributed by atoms with E-state index in [2.05, 4.69) is 77.8 Å². The fourth-order valence-corrected chi connectivity index (χ4v) is 2.96. The first-order valence-corrected chi connectivity index (χ1v) is 9.73. The summed E-state index contributed by atoms with van der Waals surface area (Å²) in [7, 11) is 3.94. The quantitative estimate of drug-likeness (QED) is 0.314. The Kier molecular flexibility index (Phi) is 11.1. The number of guanidine groups is 1. The molecule has 0 saturated carbocycles. The number of benzene rings is 1. The summed E-state index contributed by atoms with van der Waals surface area (Å²) in [6, 6.07) is 10.9. The highest BCUT2D eigenvalue weighted by atomic mass is 127. The van der Waals surface area contributed by atoms with E-state index in [0.717, 1.165) is 48.9 Å². The molecule has 0 aliphatic heterocycles. The van der Waals surface area contributed by atoms with E-state index in [4.69, 9.17) is 4.52 Å². The van der Waals surface area contributed by atoms with Gasteiger partial charge in [0.25, 0.3) is 0 Å². The minimum Gasteiger partial charge on any atom is -0.361 e. The molecule has 0 bridgehead atoms. The summed E-state index contributed by atoms with van der Waals surface area (Å²) in [6.07, 6.45) is 1.71. The Morgan fingerprint density at radius 1 is 1.18 bits per heavy atom. The van der Waals surface area contributed by atoms with Gasteiger partial charge in [-0.15, -0.1) is 24.0 Å². The van der Waals surface area contributed by atoms with Crippen LogP contribution in [0.2, 0.25) is 0 Å². The Hall–Kier alpha value is -1.61. The molecule has 1 atom stereocenters. The van der Waals surface area contributed by atoms with Crippen LogP contribution in [0.15, 0.2) is 39.8 Å². The predicted molar refractivity (Wildman–Crippen MR) is 126 cm³/mol. The zero-order chi connectivity index (χ0) is 19.6. The van der Waals surface area contributed by atoms with E-state index in [1.165, 1.54) is 5.56 Å². The number of aromatic nitrogens is 1. The van der Waals surface area contributed by atoms with E-state index >= 15 is 0 Å². The maximum atomic E-state index is 5.43. The molecule has 1 aromatic heterocycles. The first-order chi connectivity index (χ1) is 13.1. The molecule has 6 nitrogen and oxygen atoms in total. The molecule has 0 aliphatic rings. The third-order valence-electron chi connectivity index (χ3n) is 4.86. The Morgan fingerprint density at radius 3 is 2.50 bits per heavy atom. The molecule has 0 fully saturated rings. The van der Waals surface area contributed by atoms with Gasteiger partial charge in [0.2, 0.25) is 0 Å². The summed E-state index contributed by atoms with van der Waals surface area (Å²) < 4.78 is 5.43. The second-order valence-corrected chi connectivity index (χ2v) is 6.79. The van der Waals surface area contributed by atoms with Gasteiger partial charge in [0, 0.05) is 44.7 Å². The summed E-state index contributed by atoms with van der Waals surface area (Å²) in [5.41, 5.74) is 3.49. The number of nitrogens with one attached hydrogen (secondary N) is 2. The lowest BCUT2D eigenvalue weighted by molar-refractivity contribution is 0.249. The molecule has 2 aromatic rings. The number of hydrogen-bond donors (Lipinski definition) is 2. The highest BCUT2D eigenvalue weighted by Crippen LogP contribution is 2.15. The van der Waals surface area contributed by atoms with E-state index in [9.17, 15) is 0 Å². The van der Waals surface area contributed by atoms with Crippen molar-refractivity contribution in [1.82, 2.24) is 20.7 Å². The van der Waals surface area contributed by atoms with Gasteiger partial charge in [0.05, 0.1) is 5.69 Å². The highest BCUT2D eigenvalue weighted by Gasteiger charge is 2.14. The molecule has 0 saturated heterocycles. The fourth-order valence-electron chi connectivity index (χ4n) is 2.96. The number of halogens is 1. The van der Waals surface area contributed by atoms with Crippen molar-refractivity contribution in [2.45, 2.75) is 52.7 Å². The average Bonchev–Trinajstić information content (AvgIpc) is 3.10. The molecule has 156 valence electrons. The molecule has 7 heteroatoms. The van der Waals surface area contributed by atoms with Crippen LogP contribution in [0.25, 0.3) is 0 Å². The van der Waals surface area contributed by atoms with Crippen LogP contribution in [0, 0.1) is 0 Å². The second kappa shape index (κ2) is 12.8. The zero-order valence-corrected chi connectivity index (χ0v) is 20.0. The van der Waals surface area contributed by atoms with Crippen molar-refractivity contribution < 1.29 is 4.52 Å². The molecule has 0 aliphatic carbocycles. The smallest absolute Gasteiger partial charge is 0.191 e. The van der Waals surface area contributed by atoms with Crippen molar-refractivity contribution in [1.29, 1.82) is 0 Å². The summed E-state index contributed by atoms with van der Waals surface area (Å²) in [5.74, 6) is 1.74. The predicted octanol–water partition coefficient (Wildman–Crippen LogP) is 3.60. The number of aliphatic imine (C=N–C) groups is 1. The van der Waals surface area contributed by atoms with E-state index in [1.54, 1.807) is 7.05 Å². The van der Waals surface area contributed by atoms with E-state index in [1.807, 2.05) is 6.07 Å². The maximum absolute atomic E-state index is 5.43.